The van der Waals surface area contributed by atoms with Crippen LogP contribution < -0.4 is 5.32 Å². The summed E-state index contributed by atoms with van der Waals surface area (Å²) in [6, 6.07) is 9.54. The highest BCUT2D eigenvalue weighted by molar-refractivity contribution is 6.30. The van der Waals surface area contributed by atoms with Gasteiger partial charge in [0.1, 0.15) is 11.6 Å². The summed E-state index contributed by atoms with van der Waals surface area (Å²) in [6.45, 7) is -0.387. The lowest BCUT2D eigenvalue weighted by Crippen LogP contribution is -2.17. The maximum atomic E-state index is 12.9. The smallest absolute Gasteiger partial charge is 0.265 e. The zero-order valence-corrected chi connectivity index (χ0v) is 12.0. The van der Waals surface area contributed by atoms with Crippen LogP contribution in [0.25, 0.3) is 0 Å². The van der Waals surface area contributed by atoms with Crippen LogP contribution in [0.2, 0.25) is 5.02 Å². The van der Waals surface area contributed by atoms with Crippen molar-refractivity contribution in [1.82, 2.24) is 0 Å². The fourth-order valence-corrected chi connectivity index (χ4v) is 1.69. The van der Waals surface area contributed by atoms with Crippen LogP contribution in [0.4, 0.5) is 14.5 Å². The Bertz CT molecular complexity index is 670. The second-order valence-electron chi connectivity index (χ2n) is 4.27. The maximum Gasteiger partial charge on any atom is 0.265 e. The van der Waals surface area contributed by atoms with Crippen LogP contribution in [-0.4, -0.2) is 18.7 Å². The van der Waals surface area contributed by atoms with Gasteiger partial charge in [-0.15, -0.1) is 0 Å². The minimum atomic E-state index is -0.781. The van der Waals surface area contributed by atoms with Gasteiger partial charge in [0.05, 0.1) is 6.21 Å². The van der Waals surface area contributed by atoms with Gasteiger partial charge in [-0.25, -0.2) is 8.78 Å². The summed E-state index contributed by atoms with van der Waals surface area (Å²) in [5.41, 5.74) is 0.754. The molecule has 7 heteroatoms. The van der Waals surface area contributed by atoms with E-state index in [9.17, 15) is 13.6 Å². The molecule has 0 spiro atoms. The molecule has 0 fully saturated rings. The van der Waals surface area contributed by atoms with E-state index in [4.69, 9.17) is 16.4 Å². The molecular weight excluding hydrogens is 314 g/mol. The van der Waals surface area contributed by atoms with Gasteiger partial charge in [-0.2, -0.15) is 0 Å². The van der Waals surface area contributed by atoms with E-state index in [1.165, 1.54) is 6.21 Å². The third-order valence-electron chi connectivity index (χ3n) is 2.49. The molecule has 114 valence electrons. The van der Waals surface area contributed by atoms with Gasteiger partial charge < -0.3 is 10.2 Å². The number of amides is 1. The summed E-state index contributed by atoms with van der Waals surface area (Å²) in [7, 11) is 0. The average Bonchev–Trinajstić information content (AvgIpc) is 2.44. The van der Waals surface area contributed by atoms with E-state index in [0.29, 0.717) is 11.1 Å². The van der Waals surface area contributed by atoms with Crippen molar-refractivity contribution in [1.29, 1.82) is 0 Å². The highest BCUT2D eigenvalue weighted by Gasteiger charge is 2.05. The number of hydrogen-bond donors (Lipinski definition) is 1. The molecule has 2 aromatic carbocycles. The predicted octanol–water partition coefficient (Wildman–Crippen LogP) is 3.61. The molecule has 0 aliphatic heterocycles. The van der Waals surface area contributed by atoms with Gasteiger partial charge in [0, 0.05) is 16.8 Å². The molecule has 0 atom stereocenters. The average molecular weight is 325 g/mol. The molecule has 0 saturated heterocycles. The highest BCUT2D eigenvalue weighted by atomic mass is 35.5. The Labute approximate surface area is 130 Å². The zero-order valence-electron chi connectivity index (χ0n) is 11.2. The summed E-state index contributed by atoms with van der Waals surface area (Å²) in [5, 5.41) is 6.50. The van der Waals surface area contributed by atoms with Gasteiger partial charge in [-0.3, -0.25) is 4.79 Å². The van der Waals surface area contributed by atoms with Gasteiger partial charge in [0.15, 0.2) is 6.61 Å². The Hall–Kier alpha value is -2.47. The highest BCUT2D eigenvalue weighted by Crippen LogP contribution is 2.12. The lowest BCUT2D eigenvalue weighted by molar-refractivity contribution is -0.120. The number of halogens is 3. The van der Waals surface area contributed by atoms with Crippen molar-refractivity contribution in [3.05, 3.63) is 64.7 Å². The lowest BCUT2D eigenvalue weighted by atomic mass is 10.2. The standard InChI is InChI=1S/C15H11ClF2N2O2/c16-11-3-1-10(2-4-11)8-19-22-9-15(21)20-14-6-12(17)5-13(18)7-14/h1-8H,9H2,(H,20,21)/b19-8+. The second-order valence-corrected chi connectivity index (χ2v) is 4.70. The van der Waals surface area contributed by atoms with E-state index in [-0.39, 0.29) is 12.3 Å². The number of rotatable bonds is 5. The third kappa shape index (κ3) is 5.14. The fourth-order valence-electron chi connectivity index (χ4n) is 1.57. The second kappa shape index (κ2) is 7.51. The van der Waals surface area contributed by atoms with Gasteiger partial charge in [0.2, 0.25) is 0 Å². The predicted molar refractivity (Wildman–Crippen MR) is 80.0 cm³/mol. The number of nitrogens with one attached hydrogen (secondary N) is 1. The van der Waals surface area contributed by atoms with Crippen LogP contribution in [0.3, 0.4) is 0 Å². The summed E-state index contributed by atoms with van der Waals surface area (Å²) in [4.78, 5) is 16.3. The Morgan fingerprint density at radius 1 is 1.18 bits per heavy atom. The number of nitrogens with zero attached hydrogens (tertiary/aromatic N) is 1. The SMILES string of the molecule is O=C(CO/N=C/c1ccc(Cl)cc1)Nc1cc(F)cc(F)c1. The number of anilines is 1. The molecule has 0 heterocycles. The van der Waals surface area contributed by atoms with Crippen molar-refractivity contribution < 1.29 is 18.4 Å². The molecular formula is C15H11ClF2N2O2. The first-order valence-electron chi connectivity index (χ1n) is 6.20. The minimum absolute atomic E-state index is 0.00720. The minimum Gasteiger partial charge on any atom is -0.386 e. The molecule has 0 radical (unpaired) electrons. The molecule has 2 aromatic rings. The quantitative estimate of drug-likeness (QED) is 0.674. The molecule has 0 aliphatic rings. The monoisotopic (exact) mass is 324 g/mol. The van der Waals surface area contributed by atoms with Crippen LogP contribution in [0.1, 0.15) is 5.56 Å². The zero-order chi connectivity index (χ0) is 15.9. The Balaban J connectivity index is 1.81. The van der Waals surface area contributed by atoms with E-state index in [1.807, 2.05) is 0 Å². The van der Waals surface area contributed by atoms with Crippen LogP contribution in [0.15, 0.2) is 47.6 Å². The van der Waals surface area contributed by atoms with Crippen LogP contribution in [0, 0.1) is 11.6 Å². The van der Waals surface area contributed by atoms with Gasteiger partial charge in [-0.1, -0.05) is 28.9 Å². The molecule has 0 aliphatic carbocycles. The lowest BCUT2D eigenvalue weighted by Gasteiger charge is -2.04. The molecule has 2 rings (SSSR count). The molecule has 1 amide bonds. The van der Waals surface area contributed by atoms with Crippen molar-refractivity contribution in [2.75, 3.05) is 11.9 Å². The van der Waals surface area contributed by atoms with Crippen molar-refractivity contribution >= 4 is 29.4 Å². The molecule has 1 N–H and O–H groups in total. The molecule has 0 unspecified atom stereocenters. The number of oxime groups is 1. The summed E-state index contributed by atoms with van der Waals surface area (Å²) in [5.74, 6) is -2.15. The molecule has 0 aromatic heterocycles. The summed E-state index contributed by atoms with van der Waals surface area (Å²) >= 11 is 5.73. The van der Waals surface area contributed by atoms with Gasteiger partial charge in [0.25, 0.3) is 5.91 Å². The van der Waals surface area contributed by atoms with E-state index < -0.39 is 17.5 Å². The maximum absolute atomic E-state index is 12.9. The van der Waals surface area contributed by atoms with Gasteiger partial charge >= 0.3 is 0 Å². The van der Waals surface area contributed by atoms with E-state index >= 15 is 0 Å². The fraction of sp³-hybridized carbons (Fsp3) is 0.0667. The summed E-state index contributed by atoms with van der Waals surface area (Å²) < 4.78 is 25.9. The van der Waals surface area contributed by atoms with Crippen LogP contribution in [-0.2, 0) is 9.63 Å². The third-order valence-corrected chi connectivity index (χ3v) is 2.74. The van der Waals surface area contributed by atoms with Crippen LogP contribution in [0.5, 0.6) is 0 Å². The first kappa shape index (κ1) is 15.9. The van der Waals surface area contributed by atoms with E-state index in [0.717, 1.165) is 17.7 Å². The van der Waals surface area contributed by atoms with E-state index in [1.54, 1.807) is 24.3 Å². The number of benzene rings is 2. The first-order valence-corrected chi connectivity index (χ1v) is 6.57. The molecule has 22 heavy (non-hydrogen) atoms. The Morgan fingerprint density at radius 2 is 1.82 bits per heavy atom. The number of carbonyl (C=O) groups is 1. The van der Waals surface area contributed by atoms with Crippen molar-refractivity contribution in [3.8, 4) is 0 Å². The molecule has 4 nitrogen and oxygen atoms in total. The number of carbonyl (C=O) groups excluding carboxylic acids is 1. The normalized spacial score (nSPS) is 10.7. The van der Waals surface area contributed by atoms with Crippen molar-refractivity contribution in [2.24, 2.45) is 5.16 Å². The Morgan fingerprint density at radius 3 is 2.45 bits per heavy atom. The topological polar surface area (TPSA) is 50.7 Å². The molecule has 0 bridgehead atoms. The Kier molecular flexibility index (Phi) is 5.43. The molecule has 0 saturated carbocycles. The van der Waals surface area contributed by atoms with Crippen LogP contribution >= 0.6 is 11.6 Å². The number of hydrogen-bond acceptors (Lipinski definition) is 3. The first-order chi connectivity index (χ1) is 10.5. The van der Waals surface area contributed by atoms with Gasteiger partial charge in [-0.05, 0) is 29.8 Å². The van der Waals surface area contributed by atoms with Crippen molar-refractivity contribution in [2.45, 2.75) is 0 Å². The summed E-state index contributed by atoms with van der Waals surface area (Å²) in [6.07, 6.45) is 1.41. The van der Waals surface area contributed by atoms with E-state index in [2.05, 4.69) is 10.5 Å². The largest absolute Gasteiger partial charge is 0.386 e. The van der Waals surface area contributed by atoms with Crippen molar-refractivity contribution in [3.63, 3.8) is 0 Å².